The smallest absolute Gasteiger partial charge is 0.410 e. The molecule has 2 atom stereocenters. The van der Waals surface area contributed by atoms with Crippen molar-refractivity contribution < 1.29 is 14.3 Å². The van der Waals surface area contributed by atoms with E-state index in [9.17, 15) is 4.79 Å². The summed E-state index contributed by atoms with van der Waals surface area (Å²) in [4.78, 5) is 13.9. The molecule has 2 aliphatic heterocycles. The summed E-state index contributed by atoms with van der Waals surface area (Å²) in [5.41, 5.74) is 5.39. The van der Waals surface area contributed by atoms with Crippen molar-refractivity contribution in [1.29, 1.82) is 0 Å². The van der Waals surface area contributed by atoms with Crippen LogP contribution in [0.1, 0.15) is 20.8 Å². The number of fused-ring (bicyclic) bond motifs is 2. The lowest BCUT2D eigenvalue weighted by Gasteiger charge is -2.46. The number of nitrogens with zero attached hydrogens (tertiary/aromatic N) is 1. The monoisotopic (exact) mass is 256 g/mol. The SMILES string of the molecule is CC(C)(C)OC(=O)N1CC2COCC(C1)C2CN. The fraction of sp³-hybridized carbons (Fsp3) is 0.923. The number of carbonyl (C=O) groups excluding carboxylic acids is 1. The number of hydrogen-bond donors (Lipinski definition) is 1. The first kappa shape index (κ1) is 13.6. The van der Waals surface area contributed by atoms with Crippen LogP contribution in [0.2, 0.25) is 0 Å². The summed E-state index contributed by atoms with van der Waals surface area (Å²) >= 11 is 0. The van der Waals surface area contributed by atoms with Gasteiger partial charge in [-0.05, 0) is 33.2 Å². The lowest BCUT2D eigenvalue weighted by molar-refractivity contribution is -0.0816. The number of piperidine rings is 1. The average molecular weight is 256 g/mol. The van der Waals surface area contributed by atoms with Gasteiger partial charge in [-0.3, -0.25) is 0 Å². The van der Waals surface area contributed by atoms with E-state index in [0.717, 1.165) is 0 Å². The van der Waals surface area contributed by atoms with Gasteiger partial charge in [0.05, 0.1) is 13.2 Å². The van der Waals surface area contributed by atoms with E-state index in [-0.39, 0.29) is 6.09 Å². The van der Waals surface area contributed by atoms with E-state index in [4.69, 9.17) is 15.2 Å². The molecule has 0 radical (unpaired) electrons. The molecule has 2 bridgehead atoms. The Morgan fingerprint density at radius 2 is 1.89 bits per heavy atom. The molecule has 2 heterocycles. The highest BCUT2D eigenvalue weighted by molar-refractivity contribution is 5.68. The Kier molecular flexibility index (Phi) is 3.82. The molecule has 0 aliphatic carbocycles. The van der Waals surface area contributed by atoms with Crippen molar-refractivity contribution in [2.24, 2.45) is 23.5 Å². The number of likely N-dealkylation sites (tertiary alicyclic amines) is 1. The van der Waals surface area contributed by atoms with Crippen molar-refractivity contribution in [3.05, 3.63) is 0 Å². The third kappa shape index (κ3) is 2.95. The second kappa shape index (κ2) is 5.05. The summed E-state index contributed by atoms with van der Waals surface area (Å²) < 4.78 is 11.0. The molecule has 0 aromatic heterocycles. The summed E-state index contributed by atoms with van der Waals surface area (Å²) in [6.45, 7) is 9.17. The van der Waals surface area contributed by atoms with Gasteiger partial charge in [-0.1, -0.05) is 0 Å². The number of carbonyl (C=O) groups is 1. The van der Waals surface area contributed by atoms with E-state index >= 15 is 0 Å². The van der Waals surface area contributed by atoms with Crippen molar-refractivity contribution in [3.8, 4) is 0 Å². The first-order valence-corrected chi connectivity index (χ1v) is 6.66. The number of hydrogen-bond acceptors (Lipinski definition) is 4. The zero-order valence-corrected chi connectivity index (χ0v) is 11.5. The zero-order chi connectivity index (χ0) is 13.3. The molecule has 5 heteroatoms. The van der Waals surface area contributed by atoms with Crippen LogP contribution in [0.25, 0.3) is 0 Å². The number of rotatable bonds is 1. The van der Waals surface area contributed by atoms with Crippen LogP contribution in [0.3, 0.4) is 0 Å². The quantitative estimate of drug-likeness (QED) is 0.762. The Morgan fingerprint density at radius 3 is 2.33 bits per heavy atom. The van der Waals surface area contributed by atoms with E-state index in [1.54, 1.807) is 0 Å². The van der Waals surface area contributed by atoms with Crippen molar-refractivity contribution in [3.63, 3.8) is 0 Å². The highest BCUT2D eigenvalue weighted by Crippen LogP contribution is 2.33. The average Bonchev–Trinajstić information content (AvgIpc) is 2.24. The van der Waals surface area contributed by atoms with Crippen molar-refractivity contribution >= 4 is 6.09 Å². The van der Waals surface area contributed by atoms with Crippen molar-refractivity contribution in [2.45, 2.75) is 26.4 Å². The maximum Gasteiger partial charge on any atom is 0.410 e. The largest absolute Gasteiger partial charge is 0.444 e. The van der Waals surface area contributed by atoms with Gasteiger partial charge in [0.1, 0.15) is 5.60 Å². The minimum atomic E-state index is -0.437. The molecule has 2 fully saturated rings. The Hall–Kier alpha value is -0.810. The van der Waals surface area contributed by atoms with Gasteiger partial charge in [0.2, 0.25) is 0 Å². The molecule has 2 unspecified atom stereocenters. The third-order valence-corrected chi connectivity index (χ3v) is 3.71. The molecule has 18 heavy (non-hydrogen) atoms. The van der Waals surface area contributed by atoms with Crippen molar-refractivity contribution in [1.82, 2.24) is 4.90 Å². The number of nitrogens with two attached hydrogens (primary N) is 1. The molecule has 0 saturated carbocycles. The molecule has 0 aromatic rings. The van der Waals surface area contributed by atoms with Gasteiger partial charge >= 0.3 is 6.09 Å². The zero-order valence-electron chi connectivity index (χ0n) is 11.5. The summed E-state index contributed by atoms with van der Waals surface area (Å²) in [5, 5.41) is 0. The van der Waals surface area contributed by atoms with E-state index in [0.29, 0.717) is 50.6 Å². The van der Waals surface area contributed by atoms with Crippen LogP contribution in [-0.2, 0) is 9.47 Å². The molecule has 2 N–H and O–H groups in total. The highest BCUT2D eigenvalue weighted by atomic mass is 16.6. The lowest BCUT2D eigenvalue weighted by atomic mass is 9.77. The molecule has 1 amide bonds. The predicted molar refractivity (Wildman–Crippen MR) is 68.2 cm³/mol. The minimum absolute atomic E-state index is 0.213. The molecule has 2 aliphatic rings. The fourth-order valence-corrected chi connectivity index (χ4v) is 2.88. The van der Waals surface area contributed by atoms with Gasteiger partial charge in [-0.2, -0.15) is 0 Å². The molecular weight excluding hydrogens is 232 g/mol. The Balaban J connectivity index is 1.99. The molecule has 104 valence electrons. The lowest BCUT2D eigenvalue weighted by Crippen LogP contribution is -2.56. The Labute approximate surface area is 109 Å². The second-order valence-corrected chi connectivity index (χ2v) is 6.34. The molecular formula is C13H24N2O3. The van der Waals surface area contributed by atoms with Crippen LogP contribution in [0.15, 0.2) is 0 Å². The second-order valence-electron chi connectivity index (χ2n) is 6.34. The first-order valence-electron chi connectivity index (χ1n) is 6.66. The van der Waals surface area contributed by atoms with Gasteiger partial charge in [0, 0.05) is 24.9 Å². The maximum atomic E-state index is 12.1. The van der Waals surface area contributed by atoms with E-state index in [1.807, 2.05) is 25.7 Å². The highest BCUT2D eigenvalue weighted by Gasteiger charge is 2.41. The van der Waals surface area contributed by atoms with Crippen LogP contribution >= 0.6 is 0 Å². The topological polar surface area (TPSA) is 64.8 Å². The summed E-state index contributed by atoms with van der Waals surface area (Å²) in [7, 11) is 0. The molecule has 2 saturated heterocycles. The van der Waals surface area contributed by atoms with Crippen LogP contribution in [0.4, 0.5) is 4.79 Å². The molecule has 0 aromatic carbocycles. The van der Waals surface area contributed by atoms with Gasteiger partial charge in [0.25, 0.3) is 0 Å². The third-order valence-electron chi connectivity index (χ3n) is 3.71. The van der Waals surface area contributed by atoms with Gasteiger partial charge in [-0.25, -0.2) is 4.79 Å². The normalized spacial score (nSPS) is 32.2. The van der Waals surface area contributed by atoms with Crippen LogP contribution in [-0.4, -0.2) is 49.4 Å². The Morgan fingerprint density at radius 1 is 1.33 bits per heavy atom. The van der Waals surface area contributed by atoms with E-state index in [1.165, 1.54) is 0 Å². The van der Waals surface area contributed by atoms with Crippen molar-refractivity contribution in [2.75, 3.05) is 32.8 Å². The Bertz CT molecular complexity index is 300. The van der Waals surface area contributed by atoms with Crippen LogP contribution in [0, 0.1) is 17.8 Å². The first-order chi connectivity index (χ1) is 8.40. The van der Waals surface area contributed by atoms with Crippen LogP contribution in [0.5, 0.6) is 0 Å². The fourth-order valence-electron chi connectivity index (χ4n) is 2.88. The number of ether oxygens (including phenoxy) is 2. The molecule has 2 rings (SSSR count). The number of amides is 1. The van der Waals surface area contributed by atoms with Crippen LogP contribution < -0.4 is 5.73 Å². The maximum absolute atomic E-state index is 12.1. The van der Waals surface area contributed by atoms with Gasteiger partial charge < -0.3 is 20.1 Å². The summed E-state index contributed by atoms with van der Waals surface area (Å²) in [6, 6.07) is 0. The summed E-state index contributed by atoms with van der Waals surface area (Å²) in [6.07, 6.45) is -0.213. The molecule has 0 spiro atoms. The van der Waals surface area contributed by atoms with E-state index < -0.39 is 5.60 Å². The van der Waals surface area contributed by atoms with Gasteiger partial charge in [0.15, 0.2) is 0 Å². The summed E-state index contributed by atoms with van der Waals surface area (Å²) in [5.74, 6) is 1.20. The standard InChI is InChI=1S/C13H24N2O3/c1-13(2,3)18-12(16)15-5-9-7-17-8-10(6-15)11(9)4-14/h9-11H,4-8,14H2,1-3H3. The minimum Gasteiger partial charge on any atom is -0.444 e. The predicted octanol–water partition coefficient (Wildman–Crippen LogP) is 1.07. The van der Waals surface area contributed by atoms with Gasteiger partial charge in [-0.15, -0.1) is 0 Å². The molecule has 5 nitrogen and oxygen atoms in total. The van der Waals surface area contributed by atoms with E-state index in [2.05, 4.69) is 0 Å².